The molecule has 0 aromatic heterocycles. The first-order chi connectivity index (χ1) is 9.54. The van der Waals surface area contributed by atoms with E-state index in [2.05, 4.69) is 15.9 Å². The van der Waals surface area contributed by atoms with Crippen molar-refractivity contribution in [2.45, 2.75) is 37.4 Å². The molecule has 0 aliphatic rings. The number of nitro benzene ring substituents is 1. The molecule has 0 N–H and O–H groups in total. The summed E-state index contributed by atoms with van der Waals surface area (Å²) in [6, 6.07) is 6.57. The second-order valence-corrected chi connectivity index (χ2v) is 5.56. The number of benzene rings is 1. The lowest BCUT2D eigenvalue weighted by Gasteiger charge is -2.09. The predicted molar refractivity (Wildman–Crippen MR) is 80.0 cm³/mol. The zero-order chi connectivity index (χ0) is 15.0. The summed E-state index contributed by atoms with van der Waals surface area (Å²) in [5.41, 5.74) is 1.00. The van der Waals surface area contributed by atoms with Crippen LogP contribution in [-0.4, -0.2) is 22.3 Å². The summed E-state index contributed by atoms with van der Waals surface area (Å²) < 4.78 is 5.03. The largest absolute Gasteiger partial charge is 0.465 e. The van der Waals surface area contributed by atoms with Crippen LogP contribution in [0.2, 0.25) is 0 Å². The van der Waals surface area contributed by atoms with Gasteiger partial charge in [0.05, 0.1) is 11.5 Å². The van der Waals surface area contributed by atoms with Crippen molar-refractivity contribution in [3.05, 3.63) is 39.9 Å². The van der Waals surface area contributed by atoms with Gasteiger partial charge in [0.1, 0.15) is 4.83 Å². The summed E-state index contributed by atoms with van der Waals surface area (Å²) in [7, 11) is 0. The van der Waals surface area contributed by atoms with E-state index in [1.165, 1.54) is 6.07 Å². The average Bonchev–Trinajstić information content (AvgIpc) is 2.44. The van der Waals surface area contributed by atoms with Gasteiger partial charge in [0.2, 0.25) is 0 Å². The van der Waals surface area contributed by atoms with Gasteiger partial charge in [0, 0.05) is 12.1 Å². The average molecular weight is 344 g/mol. The number of non-ortho nitro benzene ring substituents is 1. The Morgan fingerprint density at radius 1 is 1.50 bits per heavy atom. The first-order valence-corrected chi connectivity index (χ1v) is 7.50. The summed E-state index contributed by atoms with van der Waals surface area (Å²) in [5, 5.41) is 10.7. The third-order valence-corrected chi connectivity index (χ3v) is 3.58. The molecule has 0 radical (unpaired) electrons. The number of alkyl halides is 1. The lowest BCUT2D eigenvalue weighted by molar-refractivity contribution is -0.384. The number of esters is 1. The number of hydrogen-bond donors (Lipinski definition) is 0. The van der Waals surface area contributed by atoms with Gasteiger partial charge in [0.25, 0.3) is 5.69 Å². The van der Waals surface area contributed by atoms with Gasteiger partial charge in [0.15, 0.2) is 0 Å². The quantitative estimate of drug-likeness (QED) is 0.312. The minimum atomic E-state index is -0.404. The molecule has 0 fully saturated rings. The molecule has 1 aromatic rings. The van der Waals surface area contributed by atoms with Crippen molar-refractivity contribution in [3.8, 4) is 0 Å². The van der Waals surface area contributed by atoms with Crippen molar-refractivity contribution in [2.75, 3.05) is 6.61 Å². The number of hydrogen-bond acceptors (Lipinski definition) is 4. The number of ether oxygens (including phenoxy) is 1. The molecule has 0 aliphatic carbocycles. The van der Waals surface area contributed by atoms with Crippen molar-refractivity contribution in [3.63, 3.8) is 0 Å². The van der Waals surface area contributed by atoms with Gasteiger partial charge in [-0.1, -0.05) is 35.0 Å². The Kier molecular flexibility index (Phi) is 7.22. The van der Waals surface area contributed by atoms with Crippen LogP contribution in [0.1, 0.15) is 31.7 Å². The van der Waals surface area contributed by atoms with E-state index < -0.39 is 4.92 Å². The number of aryl methyl sites for hydroxylation is 1. The van der Waals surface area contributed by atoms with Crippen molar-refractivity contribution >= 4 is 27.6 Å². The van der Waals surface area contributed by atoms with Gasteiger partial charge in [-0.15, -0.1) is 0 Å². The van der Waals surface area contributed by atoms with Gasteiger partial charge >= 0.3 is 5.97 Å². The Labute approximate surface area is 126 Å². The molecule has 110 valence electrons. The summed E-state index contributed by atoms with van der Waals surface area (Å²) in [6.45, 7) is 2.38. The highest BCUT2D eigenvalue weighted by molar-refractivity contribution is 9.10. The summed E-state index contributed by atoms with van der Waals surface area (Å²) >= 11 is 3.30. The second kappa shape index (κ2) is 8.68. The van der Waals surface area contributed by atoms with E-state index in [1.54, 1.807) is 12.1 Å². The maximum Gasteiger partial charge on any atom is 0.319 e. The van der Waals surface area contributed by atoms with E-state index in [0.717, 1.165) is 18.4 Å². The minimum absolute atomic E-state index is 0.0975. The molecule has 1 rings (SSSR count). The minimum Gasteiger partial charge on any atom is -0.465 e. The van der Waals surface area contributed by atoms with Gasteiger partial charge in [-0.3, -0.25) is 14.9 Å². The molecule has 1 unspecified atom stereocenters. The zero-order valence-corrected chi connectivity index (χ0v) is 13.0. The molecule has 0 bridgehead atoms. The van der Waals surface area contributed by atoms with E-state index in [9.17, 15) is 14.9 Å². The Balaban J connectivity index is 2.38. The molecule has 20 heavy (non-hydrogen) atoms. The van der Waals surface area contributed by atoms with Crippen LogP contribution in [-0.2, 0) is 16.0 Å². The first kappa shape index (κ1) is 16.6. The number of halogens is 1. The fraction of sp³-hybridized carbons (Fsp3) is 0.500. The Hall–Kier alpha value is -1.43. The number of nitro groups is 1. The van der Waals surface area contributed by atoms with E-state index in [1.807, 2.05) is 13.0 Å². The lowest BCUT2D eigenvalue weighted by atomic mass is 10.1. The van der Waals surface area contributed by atoms with Crippen molar-refractivity contribution < 1.29 is 14.5 Å². The maximum atomic E-state index is 11.5. The van der Waals surface area contributed by atoms with Crippen LogP contribution in [0.25, 0.3) is 0 Å². The van der Waals surface area contributed by atoms with E-state index >= 15 is 0 Å². The van der Waals surface area contributed by atoms with Crippen LogP contribution in [0.15, 0.2) is 24.3 Å². The molecular weight excluding hydrogens is 326 g/mol. The topological polar surface area (TPSA) is 69.4 Å². The molecule has 0 amide bonds. The smallest absolute Gasteiger partial charge is 0.319 e. The highest BCUT2D eigenvalue weighted by Gasteiger charge is 2.15. The molecule has 1 atom stereocenters. The van der Waals surface area contributed by atoms with Crippen molar-refractivity contribution in [1.29, 1.82) is 0 Å². The van der Waals surface area contributed by atoms with Gasteiger partial charge in [-0.05, 0) is 31.2 Å². The van der Waals surface area contributed by atoms with Gasteiger partial charge in [-0.2, -0.15) is 0 Å². The van der Waals surface area contributed by atoms with Crippen LogP contribution in [0.4, 0.5) is 5.69 Å². The van der Waals surface area contributed by atoms with Crippen LogP contribution in [0.5, 0.6) is 0 Å². The third-order valence-electron chi connectivity index (χ3n) is 2.75. The molecule has 5 nitrogen and oxygen atoms in total. The van der Waals surface area contributed by atoms with E-state index in [0.29, 0.717) is 19.4 Å². The standard InChI is InChI=1S/C14H18BrNO4/c1-2-9-20-14(17)13(15)8-4-6-11-5-3-7-12(10-11)16(18)19/h3,5,7,10,13H,2,4,6,8-9H2,1H3. The predicted octanol–water partition coefficient (Wildman–Crippen LogP) is 3.63. The molecule has 1 aromatic carbocycles. The highest BCUT2D eigenvalue weighted by atomic mass is 79.9. The monoisotopic (exact) mass is 343 g/mol. The first-order valence-electron chi connectivity index (χ1n) is 6.58. The number of carbonyl (C=O) groups excluding carboxylic acids is 1. The Morgan fingerprint density at radius 2 is 2.25 bits per heavy atom. The summed E-state index contributed by atoms with van der Waals surface area (Å²) in [4.78, 5) is 21.5. The van der Waals surface area contributed by atoms with Gasteiger partial charge < -0.3 is 4.74 Å². The van der Waals surface area contributed by atoms with Crippen LogP contribution >= 0.6 is 15.9 Å². The highest BCUT2D eigenvalue weighted by Crippen LogP contribution is 2.17. The molecule has 0 saturated carbocycles. The number of carbonyl (C=O) groups is 1. The second-order valence-electron chi connectivity index (χ2n) is 4.45. The molecule has 0 aliphatic heterocycles. The fourth-order valence-electron chi connectivity index (χ4n) is 1.72. The molecule has 0 saturated heterocycles. The molecular formula is C14H18BrNO4. The molecule has 6 heteroatoms. The lowest BCUT2D eigenvalue weighted by Crippen LogP contribution is -2.18. The number of nitrogens with zero attached hydrogens (tertiary/aromatic N) is 1. The molecule has 0 spiro atoms. The van der Waals surface area contributed by atoms with Crippen molar-refractivity contribution in [1.82, 2.24) is 0 Å². The number of rotatable bonds is 8. The van der Waals surface area contributed by atoms with Gasteiger partial charge in [-0.25, -0.2) is 0 Å². The fourth-order valence-corrected chi connectivity index (χ4v) is 2.18. The SMILES string of the molecule is CCCOC(=O)C(Br)CCCc1cccc([N+](=O)[O-])c1. The van der Waals surface area contributed by atoms with Crippen molar-refractivity contribution in [2.24, 2.45) is 0 Å². The molecule has 0 heterocycles. The van der Waals surface area contributed by atoms with E-state index in [4.69, 9.17) is 4.74 Å². The Morgan fingerprint density at radius 3 is 2.90 bits per heavy atom. The maximum absolute atomic E-state index is 11.5. The summed E-state index contributed by atoms with van der Waals surface area (Å²) in [5.74, 6) is -0.245. The van der Waals surface area contributed by atoms with Crippen LogP contribution < -0.4 is 0 Å². The summed E-state index contributed by atoms with van der Waals surface area (Å²) in [6.07, 6.45) is 2.91. The van der Waals surface area contributed by atoms with E-state index in [-0.39, 0.29) is 16.5 Å². The third kappa shape index (κ3) is 5.69. The normalized spacial score (nSPS) is 11.9. The zero-order valence-electron chi connectivity index (χ0n) is 11.4. The van der Waals surface area contributed by atoms with Crippen LogP contribution in [0, 0.1) is 10.1 Å². The van der Waals surface area contributed by atoms with Crippen LogP contribution in [0.3, 0.4) is 0 Å². The Bertz CT molecular complexity index is 464.